The fourth-order valence-corrected chi connectivity index (χ4v) is 6.91. The lowest BCUT2D eigenvalue weighted by Crippen LogP contribution is -2.51. The predicted molar refractivity (Wildman–Crippen MR) is 161 cm³/mol. The molecule has 2 aliphatic heterocycles. The Balaban J connectivity index is 1.46. The van der Waals surface area contributed by atoms with Gasteiger partial charge in [-0.2, -0.15) is 0 Å². The van der Waals surface area contributed by atoms with Crippen LogP contribution in [0.5, 0.6) is 0 Å². The maximum Gasteiger partial charge on any atom is 0.268 e. The van der Waals surface area contributed by atoms with E-state index in [9.17, 15) is 9.90 Å². The highest BCUT2D eigenvalue weighted by molar-refractivity contribution is 8.00. The van der Waals surface area contributed by atoms with Crippen LogP contribution in [0.1, 0.15) is 61.3 Å². The molecule has 2 aromatic carbocycles. The number of ether oxygens (including phenoxy) is 1. The number of aromatic nitrogens is 1. The normalized spacial score (nSPS) is 19.5. The Morgan fingerprint density at radius 3 is 2.67 bits per heavy atom. The van der Waals surface area contributed by atoms with E-state index in [1.807, 2.05) is 18.2 Å². The zero-order valence-corrected chi connectivity index (χ0v) is 24.1. The third-order valence-electron chi connectivity index (χ3n) is 8.16. The molecule has 1 amide bonds. The number of nitrogens with one attached hydrogen (secondary N) is 3. The van der Waals surface area contributed by atoms with E-state index >= 15 is 0 Å². The Morgan fingerprint density at radius 2 is 1.95 bits per heavy atom. The molecule has 5 rings (SSSR count). The van der Waals surface area contributed by atoms with Gasteiger partial charge in [0.25, 0.3) is 5.91 Å². The molecule has 2 aliphatic rings. The van der Waals surface area contributed by atoms with Crippen molar-refractivity contribution in [1.29, 1.82) is 0 Å². The van der Waals surface area contributed by atoms with Gasteiger partial charge in [0.05, 0.1) is 23.3 Å². The quantitative estimate of drug-likeness (QED) is 0.268. The second-order valence-corrected chi connectivity index (χ2v) is 12.0. The first kappa shape index (κ1) is 28.0. The zero-order valence-electron chi connectivity index (χ0n) is 23.3. The van der Waals surface area contributed by atoms with Crippen LogP contribution in [0.25, 0.3) is 10.9 Å². The van der Waals surface area contributed by atoms with E-state index in [2.05, 4.69) is 71.0 Å². The van der Waals surface area contributed by atoms with Gasteiger partial charge < -0.3 is 29.8 Å². The van der Waals surface area contributed by atoms with Crippen molar-refractivity contribution in [1.82, 2.24) is 15.2 Å². The van der Waals surface area contributed by atoms with Crippen LogP contribution < -0.4 is 15.4 Å². The lowest BCUT2D eigenvalue weighted by molar-refractivity contribution is 0.0655. The highest BCUT2D eigenvalue weighted by Crippen LogP contribution is 2.40. The van der Waals surface area contributed by atoms with Gasteiger partial charge in [0, 0.05) is 43.0 Å². The Bertz CT molecular complexity index is 1260. The molecule has 0 radical (unpaired) electrons. The molecule has 0 spiro atoms. The Morgan fingerprint density at radius 1 is 1.18 bits per heavy atom. The summed E-state index contributed by atoms with van der Waals surface area (Å²) in [5.41, 5.74) is 5.14. The Labute approximate surface area is 236 Å². The second kappa shape index (κ2) is 12.8. The van der Waals surface area contributed by atoms with Crippen LogP contribution in [0.4, 0.5) is 5.69 Å². The summed E-state index contributed by atoms with van der Waals surface area (Å²) in [6.07, 6.45) is 2.60. The number of benzene rings is 2. The molecule has 4 N–H and O–H groups in total. The lowest BCUT2D eigenvalue weighted by Gasteiger charge is -2.29. The summed E-state index contributed by atoms with van der Waals surface area (Å²) in [6, 6.07) is 16.5. The SMILES string of the molecule is CCc1ccc2c3c1cc(C(=O)N[C@@H](Cc1ccccc1)[C@H](O)CNC1CCOCC1)n3C(C(C)C)CSN2. The monoisotopic (exact) mass is 550 g/mol. The Kier molecular flexibility index (Phi) is 9.17. The summed E-state index contributed by atoms with van der Waals surface area (Å²) in [5.74, 6) is 1.08. The van der Waals surface area contributed by atoms with Crippen LogP contribution >= 0.6 is 11.9 Å². The van der Waals surface area contributed by atoms with Crippen molar-refractivity contribution in [3.05, 3.63) is 65.4 Å². The van der Waals surface area contributed by atoms with Gasteiger partial charge in [-0.15, -0.1) is 0 Å². The number of aliphatic hydroxyl groups excluding tert-OH is 1. The number of amides is 1. The topological polar surface area (TPSA) is 87.6 Å². The van der Waals surface area contributed by atoms with Crippen molar-refractivity contribution in [2.75, 3.05) is 30.2 Å². The Hall–Kier alpha value is -2.52. The van der Waals surface area contributed by atoms with Gasteiger partial charge in [0.1, 0.15) is 5.69 Å². The molecule has 1 aromatic heterocycles. The van der Waals surface area contributed by atoms with Crippen LogP contribution in [0.2, 0.25) is 0 Å². The number of nitrogens with zero attached hydrogens (tertiary/aromatic N) is 1. The van der Waals surface area contributed by atoms with Gasteiger partial charge in [-0.1, -0.05) is 69.1 Å². The van der Waals surface area contributed by atoms with Crippen molar-refractivity contribution in [3.8, 4) is 0 Å². The summed E-state index contributed by atoms with van der Waals surface area (Å²) in [4.78, 5) is 14.1. The third kappa shape index (κ3) is 6.30. The molecular weight excluding hydrogens is 508 g/mol. The number of aliphatic hydroxyl groups is 1. The summed E-state index contributed by atoms with van der Waals surface area (Å²) in [6.45, 7) is 8.51. The van der Waals surface area contributed by atoms with E-state index in [1.165, 1.54) is 5.56 Å². The van der Waals surface area contributed by atoms with Crippen LogP contribution in [0.3, 0.4) is 0 Å². The third-order valence-corrected chi connectivity index (χ3v) is 9.03. The number of hydrogen-bond acceptors (Lipinski definition) is 6. The van der Waals surface area contributed by atoms with Crippen LogP contribution in [0.15, 0.2) is 48.5 Å². The first-order chi connectivity index (χ1) is 19.0. The fraction of sp³-hybridized carbons (Fsp3) is 0.516. The molecule has 1 unspecified atom stereocenters. The van der Waals surface area contributed by atoms with Crippen molar-refractivity contribution < 1.29 is 14.6 Å². The van der Waals surface area contributed by atoms with E-state index < -0.39 is 12.1 Å². The van der Waals surface area contributed by atoms with Crippen molar-refractivity contribution in [3.63, 3.8) is 0 Å². The lowest BCUT2D eigenvalue weighted by atomic mass is 10.00. The van der Waals surface area contributed by atoms with E-state index in [1.54, 1.807) is 11.9 Å². The smallest absolute Gasteiger partial charge is 0.268 e. The highest BCUT2D eigenvalue weighted by Gasteiger charge is 2.31. The van der Waals surface area contributed by atoms with Gasteiger partial charge in [-0.25, -0.2) is 0 Å². The summed E-state index contributed by atoms with van der Waals surface area (Å²) >= 11 is 1.70. The van der Waals surface area contributed by atoms with Gasteiger partial charge in [-0.05, 0) is 54.9 Å². The molecule has 39 heavy (non-hydrogen) atoms. The maximum atomic E-state index is 14.1. The molecular formula is C31H42N4O3S. The molecule has 0 aliphatic carbocycles. The molecule has 1 fully saturated rings. The number of carbonyl (C=O) groups is 1. The van der Waals surface area contributed by atoms with E-state index in [-0.39, 0.29) is 11.9 Å². The minimum atomic E-state index is -0.731. The second-order valence-electron chi connectivity index (χ2n) is 11.1. The number of aryl methyl sites for hydroxylation is 1. The number of hydrogen-bond donors (Lipinski definition) is 4. The molecule has 7 nitrogen and oxygen atoms in total. The first-order valence-corrected chi connectivity index (χ1v) is 15.3. The van der Waals surface area contributed by atoms with Crippen LogP contribution in [-0.4, -0.2) is 59.3 Å². The van der Waals surface area contributed by atoms with Crippen molar-refractivity contribution in [2.24, 2.45) is 5.92 Å². The standard InChI is InChI=1S/C31H42N4O3S/c1-4-22-10-11-25-30-24(22)17-27(35(30)28(20(2)3)19-39-34-25)31(37)33-26(16-21-8-6-5-7-9-21)29(36)18-32-23-12-14-38-15-13-23/h5-11,17,20,23,26,28-29,32,34,36H,4,12-16,18-19H2,1-3H3,(H,33,37)/t26-,28?,29+/m0/s1. The summed E-state index contributed by atoms with van der Waals surface area (Å²) in [7, 11) is 0. The molecule has 3 aromatic rings. The van der Waals surface area contributed by atoms with Crippen LogP contribution in [0, 0.1) is 5.92 Å². The molecule has 210 valence electrons. The highest BCUT2D eigenvalue weighted by atomic mass is 32.2. The molecule has 3 atom stereocenters. The molecule has 8 heteroatoms. The predicted octanol–water partition coefficient (Wildman–Crippen LogP) is 4.95. The van der Waals surface area contributed by atoms with Crippen molar-refractivity contribution >= 4 is 34.4 Å². The average Bonchev–Trinajstić information content (AvgIpc) is 3.24. The molecule has 0 saturated carbocycles. The fourth-order valence-electron chi connectivity index (χ4n) is 5.80. The van der Waals surface area contributed by atoms with Gasteiger partial charge >= 0.3 is 0 Å². The van der Waals surface area contributed by atoms with E-state index in [4.69, 9.17) is 4.74 Å². The van der Waals surface area contributed by atoms with Crippen molar-refractivity contribution in [2.45, 2.75) is 70.7 Å². The average molecular weight is 551 g/mol. The first-order valence-electron chi connectivity index (χ1n) is 14.3. The van der Waals surface area contributed by atoms with E-state index in [0.29, 0.717) is 30.6 Å². The molecule has 0 bridgehead atoms. The number of rotatable bonds is 10. The van der Waals surface area contributed by atoms with Gasteiger partial charge in [0.2, 0.25) is 0 Å². The maximum absolute atomic E-state index is 14.1. The van der Waals surface area contributed by atoms with Crippen LogP contribution in [-0.2, 0) is 17.6 Å². The van der Waals surface area contributed by atoms with E-state index in [0.717, 1.165) is 60.4 Å². The molecule has 1 saturated heterocycles. The summed E-state index contributed by atoms with van der Waals surface area (Å²) in [5, 5.41) is 19.3. The number of carbonyl (C=O) groups excluding carboxylic acids is 1. The molecule has 3 heterocycles. The minimum Gasteiger partial charge on any atom is -0.390 e. The summed E-state index contributed by atoms with van der Waals surface area (Å²) < 4.78 is 11.3. The zero-order chi connectivity index (χ0) is 27.4. The van der Waals surface area contributed by atoms with Gasteiger partial charge in [-0.3, -0.25) is 4.79 Å². The number of anilines is 1. The largest absolute Gasteiger partial charge is 0.390 e. The minimum absolute atomic E-state index is 0.136. The van der Waals surface area contributed by atoms with Gasteiger partial charge in [0.15, 0.2) is 0 Å².